The van der Waals surface area contributed by atoms with E-state index in [1.165, 1.54) is 0 Å². The smallest absolute Gasteiger partial charge is 0.288 e. The average Bonchev–Trinajstić information content (AvgIpc) is 3.51. The summed E-state index contributed by atoms with van der Waals surface area (Å²) in [5.74, 6) is 3.09. The Morgan fingerprint density at radius 2 is 1.00 bits per heavy atom. The first kappa shape index (κ1) is 21.9. The maximum Gasteiger partial charge on any atom is 0.288 e. The maximum absolute atomic E-state index is 6.32. The van der Waals surface area contributed by atoms with Gasteiger partial charge in [0.1, 0.15) is 19.8 Å². The Morgan fingerprint density at radius 3 is 1.29 bits per heavy atom. The normalized spacial score (nSPS) is 26.0. The van der Waals surface area contributed by atoms with Crippen LogP contribution in [0.4, 0.5) is 0 Å². The van der Waals surface area contributed by atoms with E-state index in [1.807, 2.05) is 18.2 Å². The average molecular weight is 424 g/mol. The number of nitrogens with zero attached hydrogens (tertiary/aromatic N) is 3. The van der Waals surface area contributed by atoms with Gasteiger partial charge < -0.3 is 14.2 Å². The van der Waals surface area contributed by atoms with Gasteiger partial charge in [-0.15, -0.1) is 0 Å². The molecule has 7 heteroatoms. The van der Waals surface area contributed by atoms with E-state index in [0.717, 1.165) is 5.46 Å². The highest BCUT2D eigenvalue weighted by Gasteiger charge is 2.52. The molecule has 0 amide bonds. The molecule has 3 atom stereocenters. The van der Waals surface area contributed by atoms with Gasteiger partial charge >= 0.3 is 0 Å². The van der Waals surface area contributed by atoms with Crippen molar-refractivity contribution < 1.29 is 14.2 Å². The van der Waals surface area contributed by atoms with Crippen molar-refractivity contribution in [3.8, 4) is 0 Å². The fourth-order valence-corrected chi connectivity index (χ4v) is 4.45. The summed E-state index contributed by atoms with van der Waals surface area (Å²) in [5, 5.41) is 0. The predicted molar refractivity (Wildman–Crippen MR) is 128 cm³/mol. The van der Waals surface area contributed by atoms with Crippen LogP contribution in [0.2, 0.25) is 0 Å². The molecule has 0 saturated carbocycles. The third-order valence-electron chi connectivity index (χ3n) is 6.80. The zero-order valence-electron chi connectivity index (χ0n) is 19.6. The van der Waals surface area contributed by atoms with E-state index in [1.54, 1.807) is 0 Å². The SMILES string of the molecule is CC(C)[C@H]1COC([B-](C2=N[C@@H](C(C)C)CO2)(C2=N[C@@H](C(C)C)CO2)c2ccccc2)=N1. The Hall–Kier alpha value is -2.31. The number of hydrogen-bond donors (Lipinski definition) is 0. The van der Waals surface area contributed by atoms with Gasteiger partial charge in [-0.25, -0.2) is 0 Å². The van der Waals surface area contributed by atoms with Gasteiger partial charge in [0.05, 0.1) is 18.1 Å². The van der Waals surface area contributed by atoms with Crippen LogP contribution < -0.4 is 5.46 Å². The Kier molecular flexibility index (Phi) is 6.13. The number of ether oxygens (including phenoxy) is 3. The lowest BCUT2D eigenvalue weighted by Gasteiger charge is -2.38. The first-order valence-corrected chi connectivity index (χ1v) is 11.7. The molecular weight excluding hydrogens is 389 g/mol. The minimum atomic E-state index is -1.92. The second kappa shape index (κ2) is 8.68. The van der Waals surface area contributed by atoms with E-state index < -0.39 is 6.15 Å². The Balaban J connectivity index is 1.93. The molecule has 1 aromatic rings. The van der Waals surface area contributed by atoms with Gasteiger partial charge in [0, 0.05) is 17.4 Å². The minimum absolute atomic E-state index is 0.103. The van der Waals surface area contributed by atoms with Gasteiger partial charge in [-0.3, -0.25) is 15.0 Å². The second-order valence-electron chi connectivity index (χ2n) is 10.0. The van der Waals surface area contributed by atoms with Crippen molar-refractivity contribution in [1.29, 1.82) is 0 Å². The van der Waals surface area contributed by atoms with Crippen molar-refractivity contribution in [1.82, 2.24) is 0 Å². The number of benzene rings is 1. The molecule has 1 aromatic carbocycles. The minimum Gasteiger partial charge on any atom is -0.518 e. The van der Waals surface area contributed by atoms with E-state index in [4.69, 9.17) is 29.2 Å². The maximum atomic E-state index is 6.32. The summed E-state index contributed by atoms with van der Waals surface area (Å²) in [4.78, 5) is 15.2. The lowest BCUT2D eigenvalue weighted by Crippen LogP contribution is -2.68. The molecule has 0 saturated heterocycles. The third kappa shape index (κ3) is 3.87. The van der Waals surface area contributed by atoms with E-state index in [9.17, 15) is 0 Å². The highest BCUT2D eigenvalue weighted by molar-refractivity contribution is 7.46. The van der Waals surface area contributed by atoms with E-state index in [0.29, 0.717) is 55.0 Å². The quantitative estimate of drug-likeness (QED) is 0.631. The van der Waals surface area contributed by atoms with Crippen LogP contribution in [0.25, 0.3) is 0 Å². The molecule has 6 nitrogen and oxygen atoms in total. The third-order valence-corrected chi connectivity index (χ3v) is 6.80. The Bertz CT molecular complexity index is 796. The molecule has 0 spiro atoms. The zero-order chi connectivity index (χ0) is 22.2. The van der Waals surface area contributed by atoms with Crippen LogP contribution in [0.15, 0.2) is 45.3 Å². The molecule has 3 aliphatic rings. The summed E-state index contributed by atoms with van der Waals surface area (Å²) in [5.41, 5.74) is 1.02. The first-order chi connectivity index (χ1) is 14.8. The van der Waals surface area contributed by atoms with Crippen LogP contribution in [0, 0.1) is 17.8 Å². The monoisotopic (exact) mass is 424 g/mol. The second-order valence-corrected chi connectivity index (χ2v) is 10.0. The van der Waals surface area contributed by atoms with E-state index in [2.05, 4.69) is 53.7 Å². The number of aliphatic imine (C=N–C) groups is 3. The van der Waals surface area contributed by atoms with Crippen LogP contribution in [0.3, 0.4) is 0 Å². The molecule has 0 bridgehead atoms. The first-order valence-electron chi connectivity index (χ1n) is 11.7. The molecule has 0 aliphatic carbocycles. The van der Waals surface area contributed by atoms with Crippen LogP contribution in [-0.4, -0.2) is 61.5 Å². The lowest BCUT2D eigenvalue weighted by molar-refractivity contribution is 0.286. The standard InChI is InChI=1S/C24H35BN3O3/c1-15(2)19-12-29-22(26-19)25(18-10-8-7-9-11-18,23-27-20(13-30-23)16(3)4)24-28-21(14-31-24)17(5)6/h7-11,15-17,19-21H,12-14H2,1-6H3/q-1/t19-,20-,21-/m1/s1. The fourth-order valence-electron chi connectivity index (χ4n) is 4.45. The highest BCUT2D eigenvalue weighted by atomic mass is 16.5. The van der Waals surface area contributed by atoms with Gasteiger partial charge in [0.25, 0.3) is 6.15 Å². The molecule has 4 rings (SSSR count). The molecule has 3 aliphatic heterocycles. The number of hydrogen-bond acceptors (Lipinski definition) is 6. The van der Waals surface area contributed by atoms with Gasteiger partial charge in [-0.1, -0.05) is 71.9 Å². The summed E-state index contributed by atoms with van der Waals surface area (Å²) in [6, 6.07) is 10.6. The van der Waals surface area contributed by atoms with Crippen LogP contribution in [-0.2, 0) is 14.2 Å². The molecule has 0 N–H and O–H groups in total. The lowest BCUT2D eigenvalue weighted by atomic mass is 9.20. The largest absolute Gasteiger partial charge is 0.518 e. The summed E-state index contributed by atoms with van der Waals surface area (Å²) in [6.07, 6.45) is -1.92. The molecule has 31 heavy (non-hydrogen) atoms. The highest BCUT2D eigenvalue weighted by Crippen LogP contribution is 2.29. The molecule has 3 heterocycles. The van der Waals surface area contributed by atoms with Crippen molar-refractivity contribution in [2.75, 3.05) is 19.8 Å². The summed E-state index contributed by atoms with van der Waals surface area (Å²) >= 11 is 0. The summed E-state index contributed by atoms with van der Waals surface area (Å²) in [7, 11) is 0. The molecule has 0 fully saturated rings. The van der Waals surface area contributed by atoms with Crippen molar-refractivity contribution in [2.45, 2.75) is 59.7 Å². The Morgan fingerprint density at radius 1 is 0.645 bits per heavy atom. The molecule has 0 aromatic heterocycles. The molecular formula is C24H35BN3O3-. The molecule has 0 unspecified atom stereocenters. The van der Waals surface area contributed by atoms with Crippen molar-refractivity contribution >= 4 is 29.0 Å². The van der Waals surface area contributed by atoms with Crippen LogP contribution in [0.5, 0.6) is 0 Å². The fraction of sp³-hybridized carbons (Fsp3) is 0.625. The Labute approximate surface area is 186 Å². The van der Waals surface area contributed by atoms with Crippen molar-refractivity contribution in [3.63, 3.8) is 0 Å². The number of rotatable bonds is 7. The van der Waals surface area contributed by atoms with Crippen molar-refractivity contribution in [3.05, 3.63) is 30.3 Å². The van der Waals surface area contributed by atoms with Gasteiger partial charge in [-0.2, -0.15) is 5.46 Å². The van der Waals surface area contributed by atoms with Crippen LogP contribution >= 0.6 is 0 Å². The van der Waals surface area contributed by atoms with Gasteiger partial charge in [0.2, 0.25) is 0 Å². The van der Waals surface area contributed by atoms with E-state index >= 15 is 0 Å². The molecule has 168 valence electrons. The zero-order valence-corrected chi connectivity index (χ0v) is 19.6. The van der Waals surface area contributed by atoms with E-state index in [-0.39, 0.29) is 18.1 Å². The summed E-state index contributed by atoms with van der Waals surface area (Å²) < 4.78 is 19.0. The topological polar surface area (TPSA) is 64.8 Å². The van der Waals surface area contributed by atoms with Crippen molar-refractivity contribution in [2.24, 2.45) is 32.7 Å². The molecule has 0 radical (unpaired) electrons. The van der Waals surface area contributed by atoms with Gasteiger partial charge in [-0.05, 0) is 17.8 Å². The van der Waals surface area contributed by atoms with Crippen LogP contribution in [0.1, 0.15) is 41.5 Å². The van der Waals surface area contributed by atoms with Gasteiger partial charge in [0.15, 0.2) is 0 Å². The predicted octanol–water partition coefficient (Wildman–Crippen LogP) is 3.32. The summed E-state index contributed by atoms with van der Waals surface area (Å²) in [6.45, 7) is 14.7.